The van der Waals surface area contributed by atoms with Crippen molar-refractivity contribution in [3.05, 3.63) is 16.0 Å². The molecule has 2 rings (SSSR count). The molecule has 0 saturated carbocycles. The van der Waals surface area contributed by atoms with Crippen LogP contribution in [0.1, 0.15) is 48.0 Å². The van der Waals surface area contributed by atoms with Crippen LogP contribution in [0.4, 0.5) is 44.5 Å². The van der Waals surface area contributed by atoms with Crippen LogP contribution in [0.2, 0.25) is 0 Å². The van der Waals surface area contributed by atoms with Crippen molar-refractivity contribution in [3.63, 3.8) is 0 Å². The van der Waals surface area contributed by atoms with Gasteiger partial charge in [0.2, 0.25) is 0 Å². The summed E-state index contributed by atoms with van der Waals surface area (Å²) in [6.07, 6.45) is -5.92. The minimum atomic E-state index is -7.21. The van der Waals surface area contributed by atoms with E-state index >= 15 is 0 Å². The van der Waals surface area contributed by atoms with E-state index in [1.807, 2.05) is 20.8 Å². The quantitative estimate of drug-likeness (QED) is 0.383. The van der Waals surface area contributed by atoms with E-state index < -0.39 is 46.4 Å². The van der Waals surface area contributed by atoms with Crippen molar-refractivity contribution in [1.82, 2.24) is 0 Å². The van der Waals surface area contributed by atoms with Gasteiger partial charge < -0.3 is 10.1 Å². The molecule has 1 N–H and O–H groups in total. The number of esters is 1. The zero-order valence-electron chi connectivity index (χ0n) is 17.7. The molecule has 14 heteroatoms. The molecule has 1 unspecified atom stereocenters. The van der Waals surface area contributed by atoms with Crippen LogP contribution in [0.3, 0.4) is 0 Å². The van der Waals surface area contributed by atoms with E-state index in [-0.39, 0.29) is 17.8 Å². The number of alkyl halides is 9. The Labute approximate surface area is 186 Å². The average molecular weight is 513 g/mol. The van der Waals surface area contributed by atoms with Crippen molar-refractivity contribution in [3.8, 4) is 0 Å². The second-order valence-electron chi connectivity index (χ2n) is 8.68. The lowest BCUT2D eigenvalue weighted by Gasteiger charge is -2.33. The number of hydrogen-bond acceptors (Lipinski definition) is 4. The number of thiophene rings is 1. The molecule has 0 aromatic carbocycles. The van der Waals surface area contributed by atoms with Crippen LogP contribution in [0, 0.1) is 11.3 Å². The Morgan fingerprint density at radius 2 is 1.52 bits per heavy atom. The van der Waals surface area contributed by atoms with E-state index in [4.69, 9.17) is 0 Å². The fourth-order valence-corrected chi connectivity index (χ4v) is 4.74. The number of halogens is 9. The molecule has 1 atom stereocenters. The van der Waals surface area contributed by atoms with Crippen molar-refractivity contribution in [2.24, 2.45) is 11.3 Å². The third-order valence-corrected chi connectivity index (χ3v) is 6.71. The lowest BCUT2D eigenvalue weighted by molar-refractivity contribution is -0.388. The Kier molecular flexibility index (Phi) is 6.89. The van der Waals surface area contributed by atoms with Gasteiger partial charge in [-0.25, -0.2) is 4.79 Å². The number of hydrogen-bond donors (Lipinski definition) is 1. The van der Waals surface area contributed by atoms with Crippen molar-refractivity contribution < 1.29 is 53.8 Å². The summed E-state index contributed by atoms with van der Waals surface area (Å²) in [5.41, 5.74) is -0.326. The van der Waals surface area contributed by atoms with E-state index in [1.54, 1.807) is 0 Å². The lowest BCUT2D eigenvalue weighted by Crippen LogP contribution is -2.64. The predicted molar refractivity (Wildman–Crippen MR) is 100 cm³/mol. The van der Waals surface area contributed by atoms with E-state index in [2.05, 4.69) is 4.74 Å². The van der Waals surface area contributed by atoms with Crippen molar-refractivity contribution in [2.75, 3.05) is 12.4 Å². The van der Waals surface area contributed by atoms with Gasteiger partial charge >= 0.3 is 35.8 Å². The van der Waals surface area contributed by atoms with Crippen LogP contribution in [0.15, 0.2) is 0 Å². The molecule has 0 radical (unpaired) electrons. The van der Waals surface area contributed by atoms with E-state index in [0.29, 0.717) is 34.6 Å². The first kappa shape index (κ1) is 27.3. The number of fused-ring (bicyclic) bond motifs is 1. The lowest BCUT2D eigenvalue weighted by atomic mass is 9.72. The highest BCUT2D eigenvalue weighted by Gasteiger charge is 2.83. The second-order valence-corrected chi connectivity index (χ2v) is 9.79. The Hall–Kier alpha value is -1.99. The standard InChI is InChI=1S/C19H20F9NO3S/c1-15(2,3)8-5-6-9-10(7-8)33-12(11(9)13(30)32-4)29-14(31)16(20,21)17(22,23)18(24,25)19(26,27)28/h8H,5-7H2,1-4H3,(H,29,31). The Balaban J connectivity index is 2.47. The van der Waals surface area contributed by atoms with Crippen molar-refractivity contribution in [1.29, 1.82) is 0 Å². The molecule has 1 aromatic rings. The van der Waals surface area contributed by atoms with Gasteiger partial charge in [0, 0.05) is 4.88 Å². The highest BCUT2D eigenvalue weighted by Crippen LogP contribution is 2.53. The third-order valence-electron chi connectivity index (χ3n) is 5.54. The van der Waals surface area contributed by atoms with Gasteiger partial charge in [-0.1, -0.05) is 20.8 Å². The van der Waals surface area contributed by atoms with E-state index in [0.717, 1.165) is 7.11 Å². The molecule has 1 aliphatic carbocycles. The van der Waals surface area contributed by atoms with Crippen LogP contribution < -0.4 is 5.32 Å². The van der Waals surface area contributed by atoms with Gasteiger partial charge in [0.15, 0.2) is 0 Å². The molecule has 1 aliphatic rings. The summed E-state index contributed by atoms with van der Waals surface area (Å²) < 4.78 is 123. The summed E-state index contributed by atoms with van der Waals surface area (Å²) in [5.74, 6) is -25.0. The summed E-state index contributed by atoms with van der Waals surface area (Å²) in [4.78, 5) is 24.5. The number of nitrogens with one attached hydrogen (secondary N) is 1. The Morgan fingerprint density at radius 1 is 0.970 bits per heavy atom. The molecule has 4 nitrogen and oxygen atoms in total. The molecule has 0 saturated heterocycles. The highest BCUT2D eigenvalue weighted by atomic mass is 32.1. The van der Waals surface area contributed by atoms with Gasteiger partial charge in [0.1, 0.15) is 5.00 Å². The van der Waals surface area contributed by atoms with Gasteiger partial charge in [0.25, 0.3) is 0 Å². The normalized spacial score (nSPS) is 18.0. The van der Waals surface area contributed by atoms with Crippen molar-refractivity contribution in [2.45, 2.75) is 64.0 Å². The molecular weight excluding hydrogens is 493 g/mol. The van der Waals surface area contributed by atoms with Gasteiger partial charge in [-0.15, -0.1) is 11.3 Å². The number of ether oxygens (including phenoxy) is 1. The fraction of sp³-hybridized carbons (Fsp3) is 0.684. The van der Waals surface area contributed by atoms with Gasteiger partial charge in [-0.05, 0) is 36.2 Å². The average Bonchev–Trinajstić information content (AvgIpc) is 3.02. The molecular formula is C19H20F9NO3S. The zero-order chi connectivity index (χ0) is 25.8. The predicted octanol–water partition coefficient (Wildman–Crippen LogP) is 6.09. The van der Waals surface area contributed by atoms with Crippen LogP contribution in [-0.4, -0.2) is 42.9 Å². The first-order valence-corrected chi connectivity index (χ1v) is 10.3. The van der Waals surface area contributed by atoms with Gasteiger partial charge in [-0.2, -0.15) is 39.5 Å². The second kappa shape index (κ2) is 8.35. The minimum Gasteiger partial charge on any atom is -0.465 e. The number of rotatable bonds is 5. The maximum Gasteiger partial charge on any atom is 0.460 e. The van der Waals surface area contributed by atoms with Crippen LogP contribution in [0.5, 0.6) is 0 Å². The van der Waals surface area contributed by atoms with Gasteiger partial charge in [0.05, 0.1) is 12.7 Å². The number of anilines is 1. The van der Waals surface area contributed by atoms with Crippen LogP contribution >= 0.6 is 11.3 Å². The molecule has 188 valence electrons. The van der Waals surface area contributed by atoms with Crippen LogP contribution in [-0.2, 0) is 22.4 Å². The minimum absolute atomic E-state index is 0.0638. The number of amides is 1. The maximum absolute atomic E-state index is 14.0. The molecule has 33 heavy (non-hydrogen) atoms. The molecule has 1 aromatic heterocycles. The SMILES string of the molecule is COC(=O)c1c(NC(=O)C(F)(F)C(F)(F)C(F)(F)C(F)(F)F)sc2c1CCC(C(C)(C)C)C2. The smallest absolute Gasteiger partial charge is 0.460 e. The topological polar surface area (TPSA) is 55.4 Å². The summed E-state index contributed by atoms with van der Waals surface area (Å²) >= 11 is 0.573. The largest absolute Gasteiger partial charge is 0.465 e. The summed E-state index contributed by atoms with van der Waals surface area (Å²) in [7, 11) is 0.922. The van der Waals surface area contributed by atoms with Crippen molar-refractivity contribution >= 4 is 28.2 Å². The third kappa shape index (κ3) is 4.54. The monoisotopic (exact) mass is 513 g/mol. The summed E-state index contributed by atoms with van der Waals surface area (Å²) in [5, 5.41) is 0.558. The molecule has 0 aliphatic heterocycles. The molecule has 1 heterocycles. The van der Waals surface area contributed by atoms with E-state index in [9.17, 15) is 49.1 Å². The van der Waals surface area contributed by atoms with E-state index in [1.165, 1.54) is 5.32 Å². The van der Waals surface area contributed by atoms with Gasteiger partial charge in [-0.3, -0.25) is 4.79 Å². The Bertz CT molecular complexity index is 932. The first-order chi connectivity index (χ1) is 14.7. The molecule has 0 fully saturated rings. The molecule has 1 amide bonds. The fourth-order valence-electron chi connectivity index (χ4n) is 3.43. The zero-order valence-corrected chi connectivity index (χ0v) is 18.5. The number of carbonyl (C=O) groups is 2. The number of carbonyl (C=O) groups excluding carboxylic acids is 2. The summed E-state index contributed by atoms with van der Waals surface area (Å²) in [6.45, 7) is 5.80. The Morgan fingerprint density at radius 3 is 1.97 bits per heavy atom. The summed E-state index contributed by atoms with van der Waals surface area (Å²) in [6, 6.07) is 0. The van der Waals surface area contributed by atoms with Crippen LogP contribution in [0.25, 0.3) is 0 Å². The number of methoxy groups -OCH3 is 1. The maximum atomic E-state index is 14.0. The molecule has 0 spiro atoms. The highest BCUT2D eigenvalue weighted by molar-refractivity contribution is 7.17. The first-order valence-electron chi connectivity index (χ1n) is 9.44. The molecule has 0 bridgehead atoms.